The summed E-state index contributed by atoms with van der Waals surface area (Å²) in [5, 5.41) is 0. The number of hydrogen-bond donors (Lipinski definition) is 1. The molecule has 28 heavy (non-hydrogen) atoms. The molecule has 3 fully saturated rings. The fourth-order valence-electron chi connectivity index (χ4n) is 4.87. The molecular weight excluding hydrogens is 378 g/mol. The van der Waals surface area contributed by atoms with Gasteiger partial charge in [0.15, 0.2) is 0 Å². The van der Waals surface area contributed by atoms with Crippen molar-refractivity contribution in [2.45, 2.75) is 88.4 Å². The van der Waals surface area contributed by atoms with Gasteiger partial charge in [-0.3, -0.25) is 4.79 Å². The first-order valence-corrected chi connectivity index (χ1v) is 12.0. The lowest BCUT2D eigenvalue weighted by Crippen LogP contribution is -2.56. The van der Waals surface area contributed by atoms with Crippen molar-refractivity contribution >= 4 is 17.7 Å². The Balaban J connectivity index is 1.68. The van der Waals surface area contributed by atoms with Crippen LogP contribution >= 0.6 is 11.8 Å². The number of hydrogen-bond acceptors (Lipinski definition) is 7. The van der Waals surface area contributed by atoms with Crippen molar-refractivity contribution in [3.05, 3.63) is 0 Å². The second kappa shape index (κ2) is 8.80. The van der Waals surface area contributed by atoms with E-state index in [1.54, 1.807) is 18.9 Å². The molecule has 0 radical (unpaired) electrons. The highest BCUT2D eigenvalue weighted by atomic mass is 32.2. The third-order valence-electron chi connectivity index (χ3n) is 6.71. The quantitative estimate of drug-likeness (QED) is 0.434. The predicted molar refractivity (Wildman–Crippen MR) is 110 cm³/mol. The van der Waals surface area contributed by atoms with Crippen LogP contribution in [0.4, 0.5) is 0 Å². The molecule has 7 atom stereocenters. The van der Waals surface area contributed by atoms with Crippen LogP contribution in [0.3, 0.4) is 0 Å². The van der Waals surface area contributed by atoms with Gasteiger partial charge in [0.05, 0.1) is 18.6 Å². The van der Waals surface area contributed by atoms with E-state index in [2.05, 4.69) is 20.8 Å². The summed E-state index contributed by atoms with van der Waals surface area (Å²) in [6, 6.07) is -0.581. The van der Waals surface area contributed by atoms with E-state index >= 15 is 0 Å². The van der Waals surface area contributed by atoms with Gasteiger partial charge >= 0.3 is 5.97 Å². The van der Waals surface area contributed by atoms with E-state index in [9.17, 15) is 4.79 Å². The third-order valence-corrected chi connectivity index (χ3v) is 7.35. The average Bonchev–Trinajstić information content (AvgIpc) is 3.57. The van der Waals surface area contributed by atoms with Crippen LogP contribution in [0.25, 0.3) is 0 Å². The van der Waals surface area contributed by atoms with Gasteiger partial charge in [0.25, 0.3) is 0 Å². The summed E-state index contributed by atoms with van der Waals surface area (Å²) in [5.74, 6) is 1.24. The first-order valence-electron chi connectivity index (χ1n) is 10.6. The molecule has 2 saturated heterocycles. The van der Waals surface area contributed by atoms with Crippen LogP contribution in [0.2, 0.25) is 0 Å². The summed E-state index contributed by atoms with van der Waals surface area (Å²) < 4.78 is 23.9. The maximum absolute atomic E-state index is 12.5. The van der Waals surface area contributed by atoms with E-state index in [0.29, 0.717) is 12.3 Å². The molecule has 0 aromatic heterocycles. The van der Waals surface area contributed by atoms with Crippen LogP contribution in [0, 0.1) is 11.8 Å². The average molecular weight is 416 g/mol. The number of thioether (sulfide) groups is 1. The number of esters is 1. The van der Waals surface area contributed by atoms with Crippen LogP contribution < -0.4 is 5.73 Å². The van der Waals surface area contributed by atoms with Gasteiger partial charge in [-0.05, 0) is 57.0 Å². The minimum Gasteiger partial charge on any atom is -0.458 e. The molecule has 3 rings (SSSR count). The molecule has 162 valence electrons. The van der Waals surface area contributed by atoms with Gasteiger partial charge in [0, 0.05) is 7.11 Å². The predicted octanol–water partition coefficient (Wildman–Crippen LogP) is 2.77. The van der Waals surface area contributed by atoms with Crippen LogP contribution in [-0.4, -0.2) is 67.3 Å². The summed E-state index contributed by atoms with van der Waals surface area (Å²) in [6.45, 7) is 7.38. The minimum atomic E-state index is -0.581. The van der Waals surface area contributed by atoms with Gasteiger partial charge in [0.1, 0.15) is 29.5 Å². The topological polar surface area (TPSA) is 86.6 Å². The van der Waals surface area contributed by atoms with Crippen LogP contribution in [0.1, 0.15) is 52.9 Å². The summed E-state index contributed by atoms with van der Waals surface area (Å²) >= 11 is 1.68. The van der Waals surface area contributed by atoms with E-state index in [4.69, 9.17) is 24.7 Å². The molecule has 2 N–H and O–H groups in total. The van der Waals surface area contributed by atoms with Crippen LogP contribution in [-0.2, 0) is 23.7 Å². The Hall–Kier alpha value is -0.340. The Morgan fingerprint density at radius 3 is 2.64 bits per heavy atom. The highest BCUT2D eigenvalue weighted by Crippen LogP contribution is 2.59. The fraction of sp³-hybridized carbons (Fsp3) is 0.952. The van der Waals surface area contributed by atoms with Gasteiger partial charge in [-0.1, -0.05) is 13.8 Å². The lowest BCUT2D eigenvalue weighted by molar-refractivity contribution is -0.173. The van der Waals surface area contributed by atoms with Crippen LogP contribution in [0.15, 0.2) is 0 Å². The van der Waals surface area contributed by atoms with Crippen molar-refractivity contribution in [3.63, 3.8) is 0 Å². The molecule has 0 bridgehead atoms. The number of carbonyl (C=O) groups is 1. The molecule has 7 heteroatoms. The number of methoxy groups -OCH3 is 1. The second-order valence-corrected chi connectivity index (χ2v) is 10.2. The second-order valence-electron chi connectivity index (χ2n) is 9.19. The molecule has 2 heterocycles. The number of nitrogens with two attached hydrogens (primary N) is 1. The highest BCUT2D eigenvalue weighted by molar-refractivity contribution is 7.98. The normalized spacial score (nSPS) is 40.5. The largest absolute Gasteiger partial charge is 0.458 e. The molecule has 1 spiro atoms. The van der Waals surface area contributed by atoms with Gasteiger partial charge in [-0.15, -0.1) is 0 Å². The summed E-state index contributed by atoms with van der Waals surface area (Å²) in [5.41, 5.74) is 5.55. The first-order chi connectivity index (χ1) is 13.3. The van der Waals surface area contributed by atoms with Crippen LogP contribution in [0.5, 0.6) is 0 Å². The number of epoxide rings is 2. The lowest BCUT2D eigenvalue weighted by Gasteiger charge is -2.42. The Morgan fingerprint density at radius 2 is 2.07 bits per heavy atom. The number of carbonyl (C=O) groups excluding carboxylic acids is 1. The molecular formula is C21H37NO5S. The van der Waals surface area contributed by atoms with E-state index < -0.39 is 6.04 Å². The van der Waals surface area contributed by atoms with E-state index in [-0.39, 0.29) is 41.4 Å². The Labute approximate surface area is 173 Å². The SMILES string of the molecule is CO[C@@H]1C(OC(=O)C(N)CCSC)CC[C@]2(CO2)C1C1(C)O[C@@H]1CCC(C)C. The smallest absolute Gasteiger partial charge is 0.323 e. The highest BCUT2D eigenvalue weighted by Gasteiger charge is 2.72. The van der Waals surface area contributed by atoms with E-state index in [0.717, 1.165) is 38.0 Å². The summed E-state index contributed by atoms with van der Waals surface area (Å²) in [7, 11) is 1.70. The maximum atomic E-state index is 12.5. The van der Waals surface area contributed by atoms with E-state index in [1.165, 1.54) is 0 Å². The molecule has 4 unspecified atom stereocenters. The third kappa shape index (κ3) is 4.53. The zero-order valence-electron chi connectivity index (χ0n) is 17.9. The zero-order chi connectivity index (χ0) is 20.5. The van der Waals surface area contributed by atoms with Gasteiger partial charge in [0.2, 0.25) is 0 Å². The summed E-state index contributed by atoms with van der Waals surface area (Å²) in [6.07, 6.45) is 6.10. The minimum absolute atomic E-state index is 0.0659. The summed E-state index contributed by atoms with van der Waals surface area (Å²) in [4.78, 5) is 12.5. The Bertz CT molecular complexity index is 555. The standard InChI is InChI=1S/C21H37NO5S/c1-13(2)6-7-16-20(3,27-16)18-17(24-4)15(8-10-21(18)12-25-21)26-19(23)14(22)9-11-28-5/h13-18H,6-12,22H2,1-5H3/t14?,15?,16-,17-,18?,20?,21+/m1/s1. The van der Waals surface area contributed by atoms with Crippen molar-refractivity contribution in [2.75, 3.05) is 25.7 Å². The molecule has 3 aliphatic rings. The van der Waals surface area contributed by atoms with Crippen molar-refractivity contribution in [1.29, 1.82) is 0 Å². The van der Waals surface area contributed by atoms with Gasteiger partial charge in [-0.25, -0.2) is 0 Å². The molecule has 1 aliphatic carbocycles. The maximum Gasteiger partial charge on any atom is 0.323 e. The molecule has 1 saturated carbocycles. The number of rotatable bonds is 10. The molecule has 0 amide bonds. The Kier molecular flexibility index (Phi) is 7.02. The molecule has 2 aliphatic heterocycles. The fourth-order valence-corrected chi connectivity index (χ4v) is 5.36. The van der Waals surface area contributed by atoms with Crippen molar-refractivity contribution in [2.24, 2.45) is 17.6 Å². The van der Waals surface area contributed by atoms with Crippen molar-refractivity contribution in [3.8, 4) is 0 Å². The number of ether oxygens (including phenoxy) is 4. The monoisotopic (exact) mass is 415 g/mol. The van der Waals surface area contributed by atoms with Gasteiger partial charge in [-0.2, -0.15) is 11.8 Å². The molecule has 0 aromatic carbocycles. The van der Waals surface area contributed by atoms with Crippen molar-refractivity contribution in [1.82, 2.24) is 0 Å². The van der Waals surface area contributed by atoms with Gasteiger partial charge < -0.3 is 24.7 Å². The first kappa shape index (κ1) is 22.3. The van der Waals surface area contributed by atoms with E-state index in [1.807, 2.05) is 6.26 Å². The lowest BCUT2D eigenvalue weighted by atomic mass is 9.68. The van der Waals surface area contributed by atoms with Crippen molar-refractivity contribution < 1.29 is 23.7 Å². The zero-order valence-corrected chi connectivity index (χ0v) is 18.8. The molecule has 6 nitrogen and oxygen atoms in total. The Morgan fingerprint density at radius 1 is 1.36 bits per heavy atom. The molecule has 0 aromatic rings.